The molecule has 1 aromatic carbocycles. The first-order valence-electron chi connectivity index (χ1n) is 5.75. The number of carbonyl (C=O) groups excluding carboxylic acids is 1. The van der Waals surface area contributed by atoms with Crippen LogP contribution in [0, 0.1) is 6.85 Å². The number of rotatable bonds is 0. The van der Waals surface area contributed by atoms with Crippen molar-refractivity contribution in [2.45, 2.75) is 26.1 Å². The molecule has 1 aliphatic rings. The van der Waals surface area contributed by atoms with Crippen molar-refractivity contribution in [2.75, 3.05) is 0 Å². The molecule has 0 atom stereocenters. The van der Waals surface area contributed by atoms with Gasteiger partial charge in [-0.05, 0) is 43.0 Å². The minimum atomic E-state index is -2.22. The van der Waals surface area contributed by atoms with E-state index in [1.165, 1.54) is 6.07 Å². The summed E-state index contributed by atoms with van der Waals surface area (Å²) in [4.78, 5) is 11.8. The molecule has 0 unspecified atom stereocenters. The smallest absolute Gasteiger partial charge is 0.163 e. The Morgan fingerprint density at radius 2 is 2.31 bits per heavy atom. The van der Waals surface area contributed by atoms with Crippen LogP contribution >= 0.6 is 15.9 Å². The fourth-order valence-corrected chi connectivity index (χ4v) is 2.26. The van der Waals surface area contributed by atoms with Crippen molar-refractivity contribution in [1.82, 2.24) is 0 Å². The van der Waals surface area contributed by atoms with Crippen LogP contribution in [0.1, 0.15) is 38.4 Å². The summed E-state index contributed by atoms with van der Waals surface area (Å²) in [5.41, 5.74) is 1.47. The molecule has 0 fully saturated rings. The van der Waals surface area contributed by atoms with Gasteiger partial charge in [-0.25, -0.2) is 0 Å². The van der Waals surface area contributed by atoms with Crippen LogP contribution in [-0.2, 0) is 6.42 Å². The third-order valence-electron chi connectivity index (χ3n) is 2.31. The zero-order valence-electron chi connectivity index (χ0n) is 10.1. The summed E-state index contributed by atoms with van der Waals surface area (Å²) in [5.74, 6) is -0.0418. The van der Waals surface area contributed by atoms with Crippen LogP contribution in [0.5, 0.6) is 0 Å². The predicted octanol–water partition coefficient (Wildman–Crippen LogP) is 3.28. The number of aryl methyl sites for hydroxylation is 2. The van der Waals surface area contributed by atoms with Crippen LogP contribution in [0.4, 0.5) is 0 Å². The van der Waals surface area contributed by atoms with E-state index in [1.54, 1.807) is 0 Å². The van der Waals surface area contributed by atoms with Crippen LogP contribution in [0.2, 0.25) is 0 Å². The average Bonchev–Trinajstić information content (AvgIpc) is 2.15. The third kappa shape index (κ3) is 1.55. The van der Waals surface area contributed by atoms with E-state index in [1.807, 2.05) is 6.07 Å². The monoisotopic (exact) mass is 241 g/mol. The Hall–Kier alpha value is -0.630. The van der Waals surface area contributed by atoms with Gasteiger partial charge in [-0.2, -0.15) is 0 Å². The summed E-state index contributed by atoms with van der Waals surface area (Å²) in [5, 5.41) is 0. The molecule has 0 saturated carbocycles. The highest BCUT2D eigenvalue weighted by atomic mass is 79.9. The summed E-state index contributed by atoms with van der Waals surface area (Å²) in [6.45, 7) is -2.22. The fraction of sp³-hybridized carbons (Fsp3) is 0.364. The molecule has 0 heterocycles. The maximum atomic E-state index is 11.8. The van der Waals surface area contributed by atoms with E-state index in [0.29, 0.717) is 12.0 Å². The van der Waals surface area contributed by atoms with Gasteiger partial charge in [0.25, 0.3) is 0 Å². The number of fused-ring (bicyclic) bond motifs is 1. The number of benzene rings is 1. The maximum absolute atomic E-state index is 11.8. The summed E-state index contributed by atoms with van der Waals surface area (Å²) >= 11 is 3.29. The highest BCUT2D eigenvalue weighted by Gasteiger charge is 2.19. The lowest BCUT2D eigenvalue weighted by Crippen LogP contribution is -2.12. The number of ketones is 1. The second kappa shape index (κ2) is 3.26. The number of hydrogen-bond acceptors (Lipinski definition) is 1. The largest absolute Gasteiger partial charge is 0.294 e. The lowest BCUT2D eigenvalue weighted by Gasteiger charge is -2.17. The summed E-state index contributed by atoms with van der Waals surface area (Å²) in [6, 6.07) is 3.39. The second-order valence-corrected chi connectivity index (χ2v) is 4.18. The Balaban J connectivity index is 2.68. The average molecular weight is 242 g/mol. The molecular weight excluding hydrogens is 228 g/mol. The molecule has 0 saturated heterocycles. The molecule has 1 nitrogen and oxygen atoms in total. The van der Waals surface area contributed by atoms with Crippen molar-refractivity contribution in [2.24, 2.45) is 0 Å². The fourth-order valence-electron chi connectivity index (χ4n) is 1.75. The van der Waals surface area contributed by atoms with E-state index < -0.39 is 6.85 Å². The molecule has 1 aromatic rings. The van der Waals surface area contributed by atoms with E-state index in [2.05, 4.69) is 15.9 Å². The zero-order valence-corrected chi connectivity index (χ0v) is 8.65. The number of carbonyl (C=O) groups is 1. The molecule has 0 aliphatic heterocycles. The Morgan fingerprint density at radius 3 is 3.08 bits per heavy atom. The van der Waals surface area contributed by atoms with Gasteiger partial charge in [0.2, 0.25) is 0 Å². The Labute approximate surface area is 90.5 Å². The van der Waals surface area contributed by atoms with Crippen molar-refractivity contribution in [1.29, 1.82) is 0 Å². The second-order valence-electron chi connectivity index (χ2n) is 3.26. The van der Waals surface area contributed by atoms with Crippen LogP contribution in [0.15, 0.2) is 16.6 Å². The molecule has 0 aromatic heterocycles. The van der Waals surface area contributed by atoms with Gasteiger partial charge >= 0.3 is 0 Å². The summed E-state index contributed by atoms with van der Waals surface area (Å²) in [6.07, 6.45) is 2.05. The molecule has 0 bridgehead atoms. The van der Waals surface area contributed by atoms with Crippen molar-refractivity contribution in [3.8, 4) is 0 Å². The van der Waals surface area contributed by atoms with E-state index in [-0.39, 0.29) is 11.3 Å². The quantitative estimate of drug-likeness (QED) is 0.682. The Kier molecular flexibility index (Phi) is 1.50. The van der Waals surface area contributed by atoms with E-state index in [9.17, 15) is 4.79 Å². The van der Waals surface area contributed by atoms with Gasteiger partial charge in [-0.15, -0.1) is 0 Å². The van der Waals surface area contributed by atoms with Gasteiger partial charge in [-0.1, -0.05) is 15.9 Å². The molecule has 0 amide bonds. The molecule has 2 rings (SSSR count). The van der Waals surface area contributed by atoms with Crippen molar-refractivity contribution < 1.29 is 8.91 Å². The van der Waals surface area contributed by atoms with Gasteiger partial charge in [0.05, 0.1) is 0 Å². The molecule has 13 heavy (non-hydrogen) atoms. The van der Waals surface area contributed by atoms with Crippen LogP contribution in [0.3, 0.4) is 0 Å². The number of halogens is 1. The lowest BCUT2D eigenvalue weighted by molar-refractivity contribution is 0.0972. The highest BCUT2D eigenvalue weighted by molar-refractivity contribution is 9.10. The number of Topliss-reactive ketones (excluding diaryl/α,β-unsaturated/α-hetero) is 1. The molecular formula is C11H11BrO. The maximum Gasteiger partial charge on any atom is 0.163 e. The van der Waals surface area contributed by atoms with Crippen LogP contribution in [-0.4, -0.2) is 5.78 Å². The first-order chi connectivity index (χ1) is 7.39. The standard InChI is InChI=1S/C11H11BrO/c1-7-5-9(12)6-8-3-2-4-10(13)11(7)8/h5-6H,2-4H2,1H3/i1D3. The Bertz CT molecular complexity index is 451. The number of hydrogen-bond donors (Lipinski definition) is 0. The topological polar surface area (TPSA) is 17.1 Å². The Morgan fingerprint density at radius 1 is 1.46 bits per heavy atom. The highest BCUT2D eigenvalue weighted by Crippen LogP contribution is 2.27. The summed E-state index contributed by atoms with van der Waals surface area (Å²) < 4.78 is 23.1. The van der Waals surface area contributed by atoms with E-state index in [4.69, 9.17) is 4.11 Å². The van der Waals surface area contributed by atoms with Gasteiger partial charge in [0.15, 0.2) is 5.78 Å². The lowest BCUT2D eigenvalue weighted by atomic mass is 9.88. The SMILES string of the molecule is [2H]C([2H])([2H])c1cc(Br)cc2c1C(=O)CCC2. The first kappa shape index (κ1) is 5.97. The van der Waals surface area contributed by atoms with Crippen molar-refractivity contribution in [3.63, 3.8) is 0 Å². The van der Waals surface area contributed by atoms with Gasteiger partial charge in [-0.3, -0.25) is 4.79 Å². The van der Waals surface area contributed by atoms with E-state index in [0.717, 1.165) is 22.9 Å². The zero-order chi connectivity index (χ0) is 11.9. The van der Waals surface area contributed by atoms with Gasteiger partial charge in [0, 0.05) is 20.6 Å². The molecule has 2 heteroatoms. The van der Waals surface area contributed by atoms with Crippen LogP contribution < -0.4 is 0 Å². The third-order valence-corrected chi connectivity index (χ3v) is 2.77. The molecule has 1 aliphatic carbocycles. The molecule has 68 valence electrons. The van der Waals surface area contributed by atoms with E-state index >= 15 is 0 Å². The van der Waals surface area contributed by atoms with Crippen molar-refractivity contribution >= 4 is 21.7 Å². The normalized spacial score (nSPS) is 20.1. The first-order valence-corrected chi connectivity index (χ1v) is 5.05. The van der Waals surface area contributed by atoms with Gasteiger partial charge < -0.3 is 0 Å². The van der Waals surface area contributed by atoms with Crippen LogP contribution in [0.25, 0.3) is 0 Å². The molecule has 0 radical (unpaired) electrons. The molecule has 0 N–H and O–H groups in total. The minimum Gasteiger partial charge on any atom is -0.294 e. The van der Waals surface area contributed by atoms with Gasteiger partial charge in [0.1, 0.15) is 0 Å². The molecule has 0 spiro atoms. The van der Waals surface area contributed by atoms with Crippen molar-refractivity contribution in [3.05, 3.63) is 33.3 Å². The minimum absolute atomic E-state index is 0.0418. The predicted molar refractivity (Wildman–Crippen MR) is 56.1 cm³/mol. The summed E-state index contributed by atoms with van der Waals surface area (Å²) in [7, 11) is 0.